The van der Waals surface area contributed by atoms with Gasteiger partial charge in [-0.3, -0.25) is 9.89 Å². The van der Waals surface area contributed by atoms with Crippen molar-refractivity contribution in [3.05, 3.63) is 52.6 Å². The van der Waals surface area contributed by atoms with Gasteiger partial charge in [0.05, 0.1) is 11.7 Å². The van der Waals surface area contributed by atoms with Crippen molar-refractivity contribution in [3.8, 4) is 0 Å². The Hall–Kier alpha value is -2.54. The number of fused-ring (bicyclic) bond motifs is 1. The van der Waals surface area contributed by atoms with Crippen molar-refractivity contribution in [1.29, 1.82) is 0 Å². The van der Waals surface area contributed by atoms with Crippen LogP contribution in [-0.2, 0) is 11.3 Å². The molecule has 6 nitrogen and oxygen atoms in total. The molecule has 0 saturated heterocycles. The van der Waals surface area contributed by atoms with E-state index in [1.807, 2.05) is 36.4 Å². The van der Waals surface area contributed by atoms with Gasteiger partial charge in [0.1, 0.15) is 6.54 Å². The summed E-state index contributed by atoms with van der Waals surface area (Å²) in [5, 5.41) is 23.0. The van der Waals surface area contributed by atoms with Gasteiger partial charge in [0, 0.05) is 27.8 Å². The van der Waals surface area contributed by atoms with E-state index in [1.165, 1.54) is 0 Å². The number of aliphatic carboxylic acids is 1. The van der Waals surface area contributed by atoms with E-state index in [2.05, 4.69) is 36.8 Å². The van der Waals surface area contributed by atoms with E-state index in [9.17, 15) is 4.79 Å². The van der Waals surface area contributed by atoms with Gasteiger partial charge in [0.15, 0.2) is 0 Å². The number of carboxylic acid groups (broad SMARTS) is 1. The van der Waals surface area contributed by atoms with E-state index in [0.29, 0.717) is 6.54 Å². The Labute approximate surface area is 141 Å². The van der Waals surface area contributed by atoms with Gasteiger partial charge in [-0.25, -0.2) is 0 Å². The lowest BCUT2D eigenvalue weighted by Crippen LogP contribution is -2.12. The SMILES string of the molecule is O=C(O)CNc1cccc(CNc2cc(Br)cc3[nH]ncc23)c1. The number of H-pyrrole nitrogens is 1. The zero-order valence-electron chi connectivity index (χ0n) is 12.1. The van der Waals surface area contributed by atoms with Gasteiger partial charge in [-0.15, -0.1) is 0 Å². The number of aromatic amines is 1. The van der Waals surface area contributed by atoms with Crippen LogP contribution in [0.4, 0.5) is 11.4 Å². The number of carboxylic acids is 1. The fraction of sp³-hybridized carbons (Fsp3) is 0.125. The molecule has 1 heterocycles. The van der Waals surface area contributed by atoms with Crippen LogP contribution in [0.15, 0.2) is 47.1 Å². The van der Waals surface area contributed by atoms with Crippen molar-refractivity contribution < 1.29 is 9.90 Å². The van der Waals surface area contributed by atoms with Crippen molar-refractivity contribution in [2.75, 3.05) is 17.2 Å². The molecule has 0 amide bonds. The van der Waals surface area contributed by atoms with Crippen LogP contribution in [0, 0.1) is 0 Å². The Morgan fingerprint density at radius 1 is 1.26 bits per heavy atom. The average Bonchev–Trinajstić information content (AvgIpc) is 2.99. The predicted molar refractivity (Wildman–Crippen MR) is 93.7 cm³/mol. The fourth-order valence-corrected chi connectivity index (χ4v) is 2.79. The molecule has 7 heteroatoms. The summed E-state index contributed by atoms with van der Waals surface area (Å²) in [6.07, 6.45) is 1.79. The molecule has 0 unspecified atom stereocenters. The van der Waals surface area contributed by atoms with E-state index >= 15 is 0 Å². The van der Waals surface area contributed by atoms with E-state index in [0.717, 1.165) is 32.3 Å². The molecule has 4 N–H and O–H groups in total. The van der Waals surface area contributed by atoms with E-state index in [-0.39, 0.29) is 6.54 Å². The molecular formula is C16H15BrN4O2. The molecular weight excluding hydrogens is 360 g/mol. The zero-order chi connectivity index (χ0) is 16.2. The number of anilines is 2. The molecule has 23 heavy (non-hydrogen) atoms. The van der Waals surface area contributed by atoms with Crippen molar-refractivity contribution in [3.63, 3.8) is 0 Å². The third kappa shape index (κ3) is 3.81. The smallest absolute Gasteiger partial charge is 0.322 e. The quantitative estimate of drug-likeness (QED) is 0.530. The molecule has 3 rings (SSSR count). The number of halogens is 1. The molecule has 0 spiro atoms. The maximum absolute atomic E-state index is 10.6. The van der Waals surface area contributed by atoms with Crippen LogP contribution in [0.2, 0.25) is 0 Å². The molecule has 0 atom stereocenters. The van der Waals surface area contributed by atoms with Gasteiger partial charge < -0.3 is 15.7 Å². The summed E-state index contributed by atoms with van der Waals surface area (Å²) in [5.74, 6) is -0.884. The van der Waals surface area contributed by atoms with Gasteiger partial charge in [-0.2, -0.15) is 5.10 Å². The minimum atomic E-state index is -0.884. The second-order valence-corrected chi connectivity index (χ2v) is 6.00. The van der Waals surface area contributed by atoms with Crippen LogP contribution in [0.3, 0.4) is 0 Å². The molecule has 1 aromatic heterocycles. The molecule has 2 aromatic carbocycles. The summed E-state index contributed by atoms with van der Waals surface area (Å²) in [6, 6.07) is 11.6. The number of nitrogens with one attached hydrogen (secondary N) is 3. The number of benzene rings is 2. The van der Waals surface area contributed by atoms with Crippen molar-refractivity contribution in [2.45, 2.75) is 6.54 Å². The summed E-state index contributed by atoms with van der Waals surface area (Å²) < 4.78 is 0.966. The molecule has 3 aromatic rings. The Bertz CT molecular complexity index is 847. The van der Waals surface area contributed by atoms with Crippen molar-refractivity contribution >= 4 is 44.2 Å². The topological polar surface area (TPSA) is 90.0 Å². The highest BCUT2D eigenvalue weighted by atomic mass is 79.9. The minimum absolute atomic E-state index is 0.0991. The number of nitrogens with zero attached hydrogens (tertiary/aromatic N) is 1. The number of rotatable bonds is 6. The van der Waals surface area contributed by atoms with Crippen LogP contribution in [0.5, 0.6) is 0 Å². The molecule has 0 aliphatic carbocycles. The second-order valence-electron chi connectivity index (χ2n) is 5.09. The van der Waals surface area contributed by atoms with E-state index in [4.69, 9.17) is 5.11 Å². The van der Waals surface area contributed by atoms with Crippen molar-refractivity contribution in [2.24, 2.45) is 0 Å². The van der Waals surface area contributed by atoms with Gasteiger partial charge in [-0.1, -0.05) is 28.1 Å². The number of hydrogen-bond donors (Lipinski definition) is 4. The molecule has 0 radical (unpaired) electrons. The first-order valence-electron chi connectivity index (χ1n) is 7.03. The molecule has 0 fully saturated rings. The Kier molecular flexibility index (Phi) is 4.47. The molecule has 0 bridgehead atoms. The van der Waals surface area contributed by atoms with Crippen LogP contribution < -0.4 is 10.6 Å². The lowest BCUT2D eigenvalue weighted by Gasteiger charge is -2.10. The third-order valence-electron chi connectivity index (χ3n) is 3.38. The molecule has 0 aliphatic rings. The number of carbonyl (C=O) groups is 1. The monoisotopic (exact) mass is 374 g/mol. The van der Waals surface area contributed by atoms with Crippen LogP contribution in [0.1, 0.15) is 5.56 Å². The van der Waals surface area contributed by atoms with Gasteiger partial charge in [-0.05, 0) is 29.8 Å². The summed E-state index contributed by atoms with van der Waals surface area (Å²) >= 11 is 3.49. The highest BCUT2D eigenvalue weighted by Gasteiger charge is 2.05. The Balaban J connectivity index is 1.73. The maximum atomic E-state index is 10.6. The number of aromatic nitrogens is 2. The van der Waals surface area contributed by atoms with Crippen molar-refractivity contribution in [1.82, 2.24) is 10.2 Å². The van der Waals surface area contributed by atoms with Gasteiger partial charge >= 0.3 is 5.97 Å². The third-order valence-corrected chi connectivity index (χ3v) is 3.83. The molecule has 0 aliphatic heterocycles. The van der Waals surface area contributed by atoms with E-state index in [1.54, 1.807) is 6.20 Å². The first kappa shape index (κ1) is 15.4. The Morgan fingerprint density at radius 3 is 2.96 bits per heavy atom. The summed E-state index contributed by atoms with van der Waals surface area (Å²) in [5.41, 5.74) is 3.78. The summed E-state index contributed by atoms with van der Waals surface area (Å²) in [6.45, 7) is 0.525. The second kappa shape index (κ2) is 6.70. The first-order valence-corrected chi connectivity index (χ1v) is 7.82. The van der Waals surface area contributed by atoms with Crippen LogP contribution >= 0.6 is 15.9 Å². The molecule has 0 saturated carbocycles. The number of hydrogen-bond acceptors (Lipinski definition) is 4. The lowest BCUT2D eigenvalue weighted by molar-refractivity contribution is -0.134. The first-order chi connectivity index (χ1) is 11.1. The normalized spacial score (nSPS) is 10.7. The highest BCUT2D eigenvalue weighted by Crippen LogP contribution is 2.27. The Morgan fingerprint density at radius 2 is 2.13 bits per heavy atom. The zero-order valence-corrected chi connectivity index (χ0v) is 13.7. The summed E-state index contributed by atoms with van der Waals surface area (Å²) in [7, 11) is 0. The van der Waals surface area contributed by atoms with Crippen LogP contribution in [0.25, 0.3) is 10.9 Å². The largest absolute Gasteiger partial charge is 0.480 e. The van der Waals surface area contributed by atoms with Gasteiger partial charge in [0.2, 0.25) is 0 Å². The fourth-order valence-electron chi connectivity index (χ4n) is 2.33. The molecule has 118 valence electrons. The predicted octanol–water partition coefficient (Wildman–Crippen LogP) is 3.43. The van der Waals surface area contributed by atoms with Gasteiger partial charge in [0.25, 0.3) is 0 Å². The van der Waals surface area contributed by atoms with E-state index < -0.39 is 5.97 Å². The standard InChI is InChI=1S/C16H15BrN4O2/c17-11-5-14(13-8-20-21-15(13)6-11)19-7-10-2-1-3-12(4-10)18-9-16(22)23/h1-6,8,18-19H,7,9H2,(H,20,21)(H,22,23). The lowest BCUT2D eigenvalue weighted by atomic mass is 10.1. The van der Waals surface area contributed by atoms with Crippen LogP contribution in [-0.4, -0.2) is 27.8 Å². The summed E-state index contributed by atoms with van der Waals surface area (Å²) in [4.78, 5) is 10.6. The minimum Gasteiger partial charge on any atom is -0.480 e. The maximum Gasteiger partial charge on any atom is 0.322 e. The highest BCUT2D eigenvalue weighted by molar-refractivity contribution is 9.10. The average molecular weight is 375 g/mol.